The molecule has 1 N–H and O–H groups in total. The van der Waals surface area contributed by atoms with E-state index in [1.54, 1.807) is 0 Å². The predicted molar refractivity (Wildman–Crippen MR) is 66.4 cm³/mol. The van der Waals surface area contributed by atoms with Crippen LogP contribution in [0.15, 0.2) is 41.4 Å². The van der Waals surface area contributed by atoms with E-state index in [9.17, 15) is 17.2 Å². The van der Waals surface area contributed by atoms with Gasteiger partial charge in [-0.05, 0) is 24.3 Å². The van der Waals surface area contributed by atoms with Gasteiger partial charge in [-0.15, -0.1) is 0 Å². The molecule has 0 amide bonds. The van der Waals surface area contributed by atoms with Gasteiger partial charge in [0.25, 0.3) is 10.0 Å². The molecule has 2 aromatic rings. The van der Waals surface area contributed by atoms with E-state index in [2.05, 4.69) is 4.98 Å². The van der Waals surface area contributed by atoms with Gasteiger partial charge in [-0.1, -0.05) is 17.7 Å². The van der Waals surface area contributed by atoms with Crippen LogP contribution in [-0.4, -0.2) is 13.4 Å². The quantitative estimate of drug-likeness (QED) is 0.887. The van der Waals surface area contributed by atoms with E-state index in [-0.39, 0.29) is 10.0 Å². The van der Waals surface area contributed by atoms with E-state index in [4.69, 9.17) is 11.6 Å². The maximum absolute atomic E-state index is 13.4. The Bertz CT molecular complexity index is 705. The highest BCUT2D eigenvalue weighted by Crippen LogP contribution is 2.21. The summed E-state index contributed by atoms with van der Waals surface area (Å²) >= 11 is 5.53. The molecule has 8 heteroatoms. The monoisotopic (exact) mass is 304 g/mol. The fourth-order valence-electron chi connectivity index (χ4n) is 1.31. The van der Waals surface area contributed by atoms with Crippen molar-refractivity contribution in [3.05, 3.63) is 53.3 Å². The standard InChI is InChI=1S/C11H7ClF2N2O2S/c12-10-5-4-7(6-15-10)19(17,18)16-9-3-1-2-8(13)11(9)14/h1-6,16H. The third kappa shape index (κ3) is 2.99. The van der Waals surface area contributed by atoms with Crippen molar-refractivity contribution < 1.29 is 17.2 Å². The molecule has 100 valence electrons. The lowest BCUT2D eigenvalue weighted by Crippen LogP contribution is -2.14. The van der Waals surface area contributed by atoms with Crippen molar-refractivity contribution in [3.8, 4) is 0 Å². The van der Waals surface area contributed by atoms with Gasteiger partial charge in [-0.2, -0.15) is 0 Å². The fraction of sp³-hybridized carbons (Fsp3) is 0. The van der Waals surface area contributed by atoms with Crippen LogP contribution in [0.3, 0.4) is 0 Å². The molecule has 0 fully saturated rings. The molecule has 0 aliphatic rings. The molecule has 0 saturated carbocycles. The Morgan fingerprint density at radius 3 is 2.53 bits per heavy atom. The lowest BCUT2D eigenvalue weighted by atomic mass is 10.3. The second-order valence-electron chi connectivity index (χ2n) is 3.52. The molecule has 0 atom stereocenters. The topological polar surface area (TPSA) is 59.1 Å². The summed E-state index contributed by atoms with van der Waals surface area (Å²) in [4.78, 5) is 3.40. The summed E-state index contributed by atoms with van der Waals surface area (Å²) < 4.78 is 52.1. The summed E-state index contributed by atoms with van der Waals surface area (Å²) in [5.74, 6) is -2.41. The number of sulfonamides is 1. The molecule has 2 rings (SSSR count). The highest BCUT2D eigenvalue weighted by molar-refractivity contribution is 7.92. The van der Waals surface area contributed by atoms with Crippen molar-refractivity contribution in [1.29, 1.82) is 0 Å². The van der Waals surface area contributed by atoms with E-state index in [0.29, 0.717) is 0 Å². The van der Waals surface area contributed by atoms with Crippen LogP contribution in [0.2, 0.25) is 5.15 Å². The summed E-state index contributed by atoms with van der Waals surface area (Å²) in [6.07, 6.45) is 1.02. The van der Waals surface area contributed by atoms with Crippen molar-refractivity contribution in [2.45, 2.75) is 4.90 Å². The number of anilines is 1. The Morgan fingerprint density at radius 2 is 1.89 bits per heavy atom. The average molecular weight is 305 g/mol. The number of benzene rings is 1. The molecular formula is C11H7ClF2N2O2S. The molecule has 0 radical (unpaired) electrons. The molecule has 0 bridgehead atoms. The first-order chi connectivity index (χ1) is 8.90. The largest absolute Gasteiger partial charge is 0.276 e. The summed E-state index contributed by atoms with van der Waals surface area (Å²) in [6.45, 7) is 0. The zero-order chi connectivity index (χ0) is 14.0. The molecule has 0 saturated heterocycles. The number of hydrogen-bond acceptors (Lipinski definition) is 3. The highest BCUT2D eigenvalue weighted by atomic mass is 35.5. The Morgan fingerprint density at radius 1 is 1.16 bits per heavy atom. The Balaban J connectivity index is 2.36. The van der Waals surface area contributed by atoms with Crippen molar-refractivity contribution in [3.63, 3.8) is 0 Å². The van der Waals surface area contributed by atoms with Crippen molar-refractivity contribution in [1.82, 2.24) is 4.98 Å². The lowest BCUT2D eigenvalue weighted by Gasteiger charge is -2.08. The van der Waals surface area contributed by atoms with Gasteiger partial charge < -0.3 is 0 Å². The molecule has 0 aliphatic heterocycles. The molecule has 1 heterocycles. The van der Waals surface area contributed by atoms with Crippen molar-refractivity contribution in [2.75, 3.05) is 4.72 Å². The third-order valence-corrected chi connectivity index (χ3v) is 3.78. The second kappa shape index (κ2) is 5.10. The molecule has 4 nitrogen and oxygen atoms in total. The maximum atomic E-state index is 13.4. The van der Waals surface area contributed by atoms with Crippen LogP contribution in [0, 0.1) is 11.6 Å². The minimum absolute atomic E-state index is 0.121. The van der Waals surface area contributed by atoms with Crippen LogP contribution in [0.1, 0.15) is 0 Å². The fourth-order valence-corrected chi connectivity index (χ4v) is 2.42. The molecule has 1 aromatic heterocycles. The van der Waals surface area contributed by atoms with Crippen LogP contribution >= 0.6 is 11.6 Å². The predicted octanol–water partition coefficient (Wildman–Crippen LogP) is 2.81. The summed E-state index contributed by atoms with van der Waals surface area (Å²) in [7, 11) is -4.05. The van der Waals surface area contributed by atoms with Gasteiger partial charge in [0.05, 0.1) is 5.69 Å². The first kappa shape index (κ1) is 13.7. The Hall–Kier alpha value is -1.73. The van der Waals surface area contributed by atoms with E-state index in [1.165, 1.54) is 18.2 Å². The van der Waals surface area contributed by atoms with Crippen LogP contribution in [0.5, 0.6) is 0 Å². The van der Waals surface area contributed by atoms with Gasteiger partial charge in [-0.3, -0.25) is 4.72 Å². The van der Waals surface area contributed by atoms with E-state index >= 15 is 0 Å². The third-order valence-electron chi connectivity index (χ3n) is 2.21. The smallest absolute Gasteiger partial charge is 0.263 e. The Kier molecular flexibility index (Phi) is 3.68. The number of hydrogen-bond donors (Lipinski definition) is 1. The van der Waals surface area contributed by atoms with Gasteiger partial charge >= 0.3 is 0 Å². The average Bonchev–Trinajstić information content (AvgIpc) is 2.35. The van der Waals surface area contributed by atoms with Gasteiger partial charge in [0.15, 0.2) is 11.6 Å². The first-order valence-electron chi connectivity index (χ1n) is 4.98. The molecule has 1 aromatic carbocycles. The van der Waals surface area contributed by atoms with Crippen LogP contribution in [0.25, 0.3) is 0 Å². The minimum Gasteiger partial charge on any atom is -0.276 e. The minimum atomic E-state index is -4.05. The lowest BCUT2D eigenvalue weighted by molar-refractivity contribution is 0.511. The zero-order valence-corrected chi connectivity index (χ0v) is 10.8. The number of nitrogens with one attached hydrogen (secondary N) is 1. The molecular weight excluding hydrogens is 298 g/mol. The van der Waals surface area contributed by atoms with Gasteiger partial charge in [-0.25, -0.2) is 22.2 Å². The number of halogens is 3. The van der Waals surface area contributed by atoms with E-state index in [1.807, 2.05) is 4.72 Å². The molecule has 0 aliphatic carbocycles. The number of nitrogens with zero attached hydrogens (tertiary/aromatic N) is 1. The number of rotatable bonds is 3. The molecule has 19 heavy (non-hydrogen) atoms. The van der Waals surface area contributed by atoms with Crippen LogP contribution in [-0.2, 0) is 10.0 Å². The maximum Gasteiger partial charge on any atom is 0.263 e. The highest BCUT2D eigenvalue weighted by Gasteiger charge is 2.18. The summed E-state index contributed by atoms with van der Waals surface area (Å²) in [5, 5.41) is 0.121. The first-order valence-corrected chi connectivity index (χ1v) is 6.84. The number of pyridine rings is 1. The van der Waals surface area contributed by atoms with Crippen LogP contribution in [0.4, 0.5) is 14.5 Å². The zero-order valence-electron chi connectivity index (χ0n) is 9.27. The normalized spacial score (nSPS) is 11.3. The molecule has 0 spiro atoms. The second-order valence-corrected chi connectivity index (χ2v) is 5.59. The summed E-state index contributed by atoms with van der Waals surface area (Å²) in [5.41, 5.74) is -0.477. The van der Waals surface area contributed by atoms with E-state index in [0.717, 1.165) is 18.3 Å². The van der Waals surface area contributed by atoms with Gasteiger partial charge in [0, 0.05) is 6.20 Å². The van der Waals surface area contributed by atoms with Crippen LogP contribution < -0.4 is 4.72 Å². The Labute approximate surface area is 113 Å². The summed E-state index contributed by atoms with van der Waals surface area (Å²) in [6, 6.07) is 5.67. The SMILES string of the molecule is O=S(=O)(Nc1cccc(F)c1F)c1ccc(Cl)nc1. The van der Waals surface area contributed by atoms with Crippen molar-refractivity contribution >= 4 is 27.3 Å². The van der Waals surface area contributed by atoms with Gasteiger partial charge in [0.2, 0.25) is 0 Å². The van der Waals surface area contributed by atoms with Crippen molar-refractivity contribution in [2.24, 2.45) is 0 Å². The molecule has 0 unspecified atom stereocenters. The van der Waals surface area contributed by atoms with Gasteiger partial charge in [0.1, 0.15) is 10.0 Å². The van der Waals surface area contributed by atoms with E-state index < -0.39 is 27.3 Å². The number of aromatic nitrogens is 1.